The van der Waals surface area contributed by atoms with Gasteiger partial charge in [-0.3, -0.25) is 0 Å². The molecular weight excluding hydrogens is 272 g/mol. The van der Waals surface area contributed by atoms with Gasteiger partial charge in [0, 0.05) is 17.1 Å². The van der Waals surface area contributed by atoms with Crippen molar-refractivity contribution in [3.8, 4) is 11.5 Å². The van der Waals surface area contributed by atoms with Crippen molar-refractivity contribution in [2.45, 2.75) is 49.0 Å². The first kappa shape index (κ1) is 14.1. The average Bonchev–Trinajstić information content (AvgIpc) is 2.71. The maximum absolute atomic E-state index is 10.5. The smallest absolute Gasteiger partial charge is 0.162 e. The molecule has 1 saturated carbocycles. The van der Waals surface area contributed by atoms with Gasteiger partial charge in [-0.05, 0) is 31.0 Å². The molecule has 1 heterocycles. The second kappa shape index (κ2) is 6.27. The number of ether oxygens (including phenoxy) is 2. The monoisotopic (exact) mass is 294 g/mol. The lowest BCUT2D eigenvalue weighted by molar-refractivity contribution is 0.0273. The van der Waals surface area contributed by atoms with Crippen molar-refractivity contribution >= 4 is 11.8 Å². The summed E-state index contributed by atoms with van der Waals surface area (Å²) in [5.74, 6) is 2.44. The van der Waals surface area contributed by atoms with E-state index in [9.17, 15) is 5.11 Å². The Morgan fingerprint density at radius 3 is 2.55 bits per heavy atom. The van der Waals surface area contributed by atoms with E-state index in [1.807, 2.05) is 12.1 Å². The highest BCUT2D eigenvalue weighted by Gasteiger charge is 2.29. The van der Waals surface area contributed by atoms with E-state index >= 15 is 0 Å². The highest BCUT2D eigenvalue weighted by atomic mass is 32.2. The summed E-state index contributed by atoms with van der Waals surface area (Å²) in [6, 6.07) is 6.08. The summed E-state index contributed by atoms with van der Waals surface area (Å²) in [7, 11) is 0. The van der Waals surface area contributed by atoms with Crippen LogP contribution < -0.4 is 9.47 Å². The van der Waals surface area contributed by atoms with E-state index in [-0.39, 0.29) is 0 Å². The summed E-state index contributed by atoms with van der Waals surface area (Å²) < 4.78 is 11.3. The first-order valence-corrected chi connectivity index (χ1v) is 8.49. The van der Waals surface area contributed by atoms with Gasteiger partial charge in [-0.2, -0.15) is 0 Å². The van der Waals surface area contributed by atoms with E-state index in [4.69, 9.17) is 9.47 Å². The minimum absolute atomic E-state index is 0.479. The van der Waals surface area contributed by atoms with Gasteiger partial charge in [-0.15, -0.1) is 11.8 Å². The zero-order valence-corrected chi connectivity index (χ0v) is 12.6. The molecule has 0 aromatic heterocycles. The van der Waals surface area contributed by atoms with Crippen LogP contribution in [0.2, 0.25) is 0 Å². The van der Waals surface area contributed by atoms with E-state index in [0.29, 0.717) is 6.61 Å². The zero-order chi connectivity index (χ0) is 13.8. The fraction of sp³-hybridized carbons (Fsp3) is 0.625. The van der Waals surface area contributed by atoms with Crippen LogP contribution in [-0.2, 0) is 0 Å². The molecule has 0 unspecified atom stereocenters. The molecule has 0 bridgehead atoms. The number of thioether (sulfide) groups is 1. The molecule has 1 aliphatic carbocycles. The maximum atomic E-state index is 10.5. The van der Waals surface area contributed by atoms with Crippen molar-refractivity contribution in [1.29, 1.82) is 0 Å². The molecule has 1 N–H and O–H groups in total. The quantitative estimate of drug-likeness (QED) is 0.864. The van der Waals surface area contributed by atoms with E-state index in [2.05, 4.69) is 6.07 Å². The summed E-state index contributed by atoms with van der Waals surface area (Å²) in [4.78, 5) is 1.15. The van der Waals surface area contributed by atoms with Crippen LogP contribution in [0.25, 0.3) is 0 Å². The third-order valence-electron chi connectivity index (χ3n) is 4.01. The van der Waals surface area contributed by atoms with Crippen molar-refractivity contribution in [2.24, 2.45) is 0 Å². The molecule has 0 spiro atoms. The highest BCUT2D eigenvalue weighted by molar-refractivity contribution is 7.99. The maximum Gasteiger partial charge on any atom is 0.162 e. The Kier molecular flexibility index (Phi) is 4.41. The Bertz CT molecular complexity index is 455. The van der Waals surface area contributed by atoms with Gasteiger partial charge in [0.2, 0.25) is 0 Å². The van der Waals surface area contributed by atoms with Gasteiger partial charge in [0.05, 0.1) is 18.8 Å². The molecule has 110 valence electrons. The first-order chi connectivity index (χ1) is 9.75. The van der Waals surface area contributed by atoms with E-state index in [1.54, 1.807) is 11.8 Å². The Balaban J connectivity index is 1.64. The summed E-state index contributed by atoms with van der Waals surface area (Å²) in [5, 5.41) is 10.5. The molecule has 1 aromatic rings. The Labute approximate surface area is 124 Å². The first-order valence-electron chi connectivity index (χ1n) is 7.50. The predicted octanol–water partition coefficient (Wildman–Crippen LogP) is 3.64. The lowest BCUT2D eigenvalue weighted by Crippen LogP contribution is -2.33. The average molecular weight is 294 g/mol. The minimum atomic E-state index is -0.479. The fourth-order valence-corrected chi connectivity index (χ4v) is 3.88. The van der Waals surface area contributed by atoms with Crippen molar-refractivity contribution in [3.05, 3.63) is 18.2 Å². The largest absolute Gasteiger partial charge is 0.490 e. The molecule has 1 aliphatic heterocycles. The van der Waals surface area contributed by atoms with E-state index in [0.717, 1.165) is 60.9 Å². The van der Waals surface area contributed by atoms with Gasteiger partial charge in [-0.25, -0.2) is 0 Å². The minimum Gasteiger partial charge on any atom is -0.490 e. The third-order valence-corrected chi connectivity index (χ3v) is 5.28. The Morgan fingerprint density at radius 2 is 1.75 bits per heavy atom. The lowest BCUT2D eigenvalue weighted by Gasteiger charge is -2.31. The van der Waals surface area contributed by atoms with E-state index in [1.165, 1.54) is 6.42 Å². The molecule has 20 heavy (non-hydrogen) atoms. The highest BCUT2D eigenvalue weighted by Crippen LogP contribution is 2.37. The number of hydrogen-bond acceptors (Lipinski definition) is 4. The summed E-state index contributed by atoms with van der Waals surface area (Å²) in [6.45, 7) is 1.43. The van der Waals surface area contributed by atoms with Crippen LogP contribution in [0.15, 0.2) is 23.1 Å². The molecule has 3 rings (SSSR count). The van der Waals surface area contributed by atoms with Crippen LogP contribution in [0.3, 0.4) is 0 Å². The molecule has 3 nitrogen and oxygen atoms in total. The SMILES string of the molecule is OC1(CSc2ccc3c(c2)OCCCO3)CCCCC1. The molecule has 0 amide bonds. The standard InChI is InChI=1S/C16H22O3S/c17-16(7-2-1-3-8-16)12-20-13-5-6-14-15(11-13)19-10-4-9-18-14/h5-6,11,17H,1-4,7-10,12H2. The molecule has 4 heteroatoms. The number of benzene rings is 1. The molecule has 0 atom stereocenters. The summed E-state index contributed by atoms with van der Waals surface area (Å²) in [6.07, 6.45) is 6.36. The van der Waals surface area contributed by atoms with Crippen molar-refractivity contribution in [2.75, 3.05) is 19.0 Å². The molecule has 0 saturated heterocycles. The second-order valence-corrected chi connectivity index (χ2v) is 6.78. The predicted molar refractivity (Wildman–Crippen MR) is 80.8 cm³/mol. The molecule has 1 aromatic carbocycles. The topological polar surface area (TPSA) is 38.7 Å². The van der Waals surface area contributed by atoms with Crippen molar-refractivity contribution in [3.63, 3.8) is 0 Å². The molecular formula is C16H22O3S. The lowest BCUT2D eigenvalue weighted by atomic mass is 9.86. The Morgan fingerprint density at radius 1 is 1.00 bits per heavy atom. The van der Waals surface area contributed by atoms with Crippen molar-refractivity contribution < 1.29 is 14.6 Å². The van der Waals surface area contributed by atoms with Crippen LogP contribution in [0.1, 0.15) is 38.5 Å². The zero-order valence-electron chi connectivity index (χ0n) is 11.8. The normalized spacial score (nSPS) is 21.2. The van der Waals surface area contributed by atoms with Crippen LogP contribution in [0.5, 0.6) is 11.5 Å². The van der Waals surface area contributed by atoms with Gasteiger partial charge in [0.15, 0.2) is 11.5 Å². The van der Waals surface area contributed by atoms with Gasteiger partial charge in [0.1, 0.15) is 0 Å². The third kappa shape index (κ3) is 3.41. The van der Waals surface area contributed by atoms with Crippen LogP contribution in [-0.4, -0.2) is 29.7 Å². The molecule has 1 fully saturated rings. The van der Waals surface area contributed by atoms with Gasteiger partial charge in [-0.1, -0.05) is 19.3 Å². The van der Waals surface area contributed by atoms with Crippen LogP contribution >= 0.6 is 11.8 Å². The number of fused-ring (bicyclic) bond motifs is 1. The van der Waals surface area contributed by atoms with E-state index < -0.39 is 5.60 Å². The van der Waals surface area contributed by atoms with Gasteiger partial charge >= 0.3 is 0 Å². The Hall–Kier alpha value is -0.870. The number of aliphatic hydroxyl groups is 1. The summed E-state index contributed by atoms with van der Waals surface area (Å²) in [5.41, 5.74) is -0.479. The van der Waals surface area contributed by atoms with Gasteiger partial charge < -0.3 is 14.6 Å². The van der Waals surface area contributed by atoms with Crippen molar-refractivity contribution in [1.82, 2.24) is 0 Å². The number of rotatable bonds is 3. The molecule has 2 aliphatic rings. The summed E-state index contributed by atoms with van der Waals surface area (Å²) >= 11 is 1.72. The number of hydrogen-bond donors (Lipinski definition) is 1. The molecule has 0 radical (unpaired) electrons. The fourth-order valence-electron chi connectivity index (χ4n) is 2.81. The van der Waals surface area contributed by atoms with Gasteiger partial charge in [0.25, 0.3) is 0 Å². The second-order valence-electron chi connectivity index (χ2n) is 5.73. The van der Waals surface area contributed by atoms with Crippen LogP contribution in [0, 0.1) is 0 Å². The van der Waals surface area contributed by atoms with Crippen LogP contribution in [0.4, 0.5) is 0 Å².